The number of carbonyl (C=O) groups is 4. The SMILES string of the molecule is CCC(C)(CC(C)(CC(C)(C)C(=O)NCCCNC(=O)CCCCC1CCSS1)C(=O)NCCC[N+](C)(C)CCCS(=O)(=O)O)C(=O)NCCCN. The number of nitrogens with one attached hydrogen (secondary N) is 4. The first-order valence-corrected chi connectivity index (χ1v) is 23.0. The molecular formula is C36H71N6O7S3+. The summed E-state index contributed by atoms with van der Waals surface area (Å²) in [7, 11) is 3.83. The Balaban J connectivity index is 2.82. The Morgan fingerprint density at radius 3 is 1.96 bits per heavy atom. The van der Waals surface area contributed by atoms with E-state index in [9.17, 15) is 27.6 Å². The molecule has 1 aliphatic heterocycles. The van der Waals surface area contributed by atoms with Crippen LogP contribution in [0.5, 0.6) is 0 Å². The average Bonchev–Trinajstić information content (AvgIpc) is 3.57. The van der Waals surface area contributed by atoms with Crippen LogP contribution in [-0.4, -0.2) is 118 Å². The molecule has 1 aliphatic rings. The maximum atomic E-state index is 14.0. The van der Waals surface area contributed by atoms with Crippen LogP contribution in [0.4, 0.5) is 0 Å². The number of unbranched alkanes of at least 4 members (excludes halogenated alkanes) is 1. The highest BCUT2D eigenvalue weighted by Crippen LogP contribution is 2.44. The van der Waals surface area contributed by atoms with Crippen LogP contribution in [0.3, 0.4) is 0 Å². The molecule has 0 aromatic rings. The van der Waals surface area contributed by atoms with Crippen LogP contribution in [0.1, 0.15) is 112 Å². The summed E-state index contributed by atoms with van der Waals surface area (Å²) in [6.45, 7) is 12.6. The molecule has 3 unspecified atom stereocenters. The van der Waals surface area contributed by atoms with Crippen LogP contribution in [0, 0.1) is 16.2 Å². The van der Waals surface area contributed by atoms with Gasteiger partial charge < -0.3 is 31.5 Å². The van der Waals surface area contributed by atoms with Gasteiger partial charge in [-0.3, -0.25) is 23.7 Å². The quantitative estimate of drug-likeness (QED) is 0.0293. The zero-order chi connectivity index (χ0) is 39.5. The van der Waals surface area contributed by atoms with Crippen molar-refractivity contribution in [1.82, 2.24) is 21.3 Å². The lowest BCUT2D eigenvalue weighted by Gasteiger charge is -2.41. The molecule has 0 bridgehead atoms. The molecule has 0 spiro atoms. The van der Waals surface area contributed by atoms with Gasteiger partial charge in [0.15, 0.2) is 0 Å². The van der Waals surface area contributed by atoms with Crippen molar-refractivity contribution < 1.29 is 36.6 Å². The number of hydrogen-bond acceptors (Lipinski definition) is 9. The number of nitrogens with two attached hydrogens (primary N) is 1. The van der Waals surface area contributed by atoms with Crippen molar-refractivity contribution in [3.63, 3.8) is 0 Å². The molecule has 304 valence electrons. The second-order valence-corrected chi connectivity index (χ2v) is 20.6. The van der Waals surface area contributed by atoms with Crippen LogP contribution in [0.15, 0.2) is 0 Å². The standard InChI is InChI=1S/C36H70N6O7S3/c1-8-35(4,32(45)40-19-11-18-37)28-36(5,33(46)41-22-13-23-42(6,7)24-14-26-52(47,48)49)27-34(2,3)31(44)39-21-12-20-38-30(43)16-10-9-15-29-17-25-50-51-29/h29H,8-28,37H2,1-7H3,(H4-,38,39,40,41,43,44,45,46,47,48,49)/p+1. The molecule has 1 rings (SSSR count). The van der Waals surface area contributed by atoms with Gasteiger partial charge in [-0.1, -0.05) is 62.6 Å². The molecule has 4 amide bonds. The Kier molecular flexibility index (Phi) is 21.8. The minimum Gasteiger partial charge on any atom is -0.356 e. The molecule has 16 heteroatoms. The third kappa shape index (κ3) is 19.7. The molecule has 0 aromatic heterocycles. The van der Waals surface area contributed by atoms with E-state index in [-0.39, 0.29) is 42.2 Å². The number of amides is 4. The summed E-state index contributed by atoms with van der Waals surface area (Å²) >= 11 is 0. The maximum absolute atomic E-state index is 14.0. The molecule has 0 aromatic carbocycles. The Hall–Kier alpha value is -1.59. The first-order chi connectivity index (χ1) is 24.2. The van der Waals surface area contributed by atoms with Crippen molar-refractivity contribution in [2.75, 3.05) is 71.4 Å². The van der Waals surface area contributed by atoms with Gasteiger partial charge in [-0.05, 0) is 57.9 Å². The lowest BCUT2D eigenvalue weighted by Crippen LogP contribution is -2.51. The molecular weight excluding hydrogens is 725 g/mol. The van der Waals surface area contributed by atoms with E-state index in [1.165, 1.54) is 12.2 Å². The topological polar surface area (TPSA) is 197 Å². The number of rotatable bonds is 28. The Morgan fingerprint density at radius 1 is 0.788 bits per heavy atom. The number of hydrogen-bond donors (Lipinski definition) is 6. The van der Waals surface area contributed by atoms with Crippen molar-refractivity contribution in [1.29, 1.82) is 0 Å². The fraction of sp³-hybridized carbons (Fsp3) is 0.889. The molecule has 7 N–H and O–H groups in total. The molecule has 0 radical (unpaired) electrons. The van der Waals surface area contributed by atoms with Crippen molar-refractivity contribution in [3.05, 3.63) is 0 Å². The number of quaternary nitrogens is 1. The van der Waals surface area contributed by atoms with Gasteiger partial charge in [-0.15, -0.1) is 0 Å². The van der Waals surface area contributed by atoms with Gasteiger partial charge in [0.1, 0.15) is 0 Å². The van der Waals surface area contributed by atoms with E-state index in [1.807, 2.05) is 70.3 Å². The predicted octanol–water partition coefficient (Wildman–Crippen LogP) is 3.88. The fourth-order valence-electron chi connectivity index (χ4n) is 6.80. The van der Waals surface area contributed by atoms with Crippen molar-refractivity contribution >= 4 is 55.3 Å². The first kappa shape index (κ1) is 48.4. The molecule has 0 aliphatic carbocycles. The van der Waals surface area contributed by atoms with Crippen molar-refractivity contribution in [2.45, 2.75) is 117 Å². The number of carbonyl (C=O) groups excluding carboxylic acids is 4. The second kappa shape index (κ2) is 23.4. The molecule has 52 heavy (non-hydrogen) atoms. The molecule has 1 saturated heterocycles. The van der Waals surface area contributed by atoms with Gasteiger partial charge >= 0.3 is 0 Å². The molecule has 3 atom stereocenters. The summed E-state index contributed by atoms with van der Waals surface area (Å²) in [5.74, 6) is 0.380. The minimum atomic E-state index is -4.01. The smallest absolute Gasteiger partial charge is 0.265 e. The first-order valence-electron chi connectivity index (χ1n) is 19.1. The summed E-state index contributed by atoms with van der Waals surface area (Å²) in [5, 5.41) is 12.7. The van der Waals surface area contributed by atoms with Crippen molar-refractivity contribution in [3.8, 4) is 0 Å². The van der Waals surface area contributed by atoms with Gasteiger partial charge in [-0.25, -0.2) is 0 Å². The van der Waals surface area contributed by atoms with E-state index in [0.29, 0.717) is 88.8 Å². The highest BCUT2D eigenvalue weighted by Gasteiger charge is 2.47. The minimum absolute atomic E-state index is 0.0348. The van der Waals surface area contributed by atoms with E-state index in [0.717, 1.165) is 24.5 Å². The molecule has 1 heterocycles. The average molecular weight is 796 g/mol. The van der Waals surface area contributed by atoms with Gasteiger partial charge in [0.25, 0.3) is 10.1 Å². The van der Waals surface area contributed by atoms with Crippen molar-refractivity contribution in [2.24, 2.45) is 22.0 Å². The van der Waals surface area contributed by atoms with E-state index in [1.54, 1.807) is 0 Å². The third-order valence-corrected chi connectivity index (χ3v) is 13.8. The van der Waals surface area contributed by atoms with Gasteiger partial charge in [0, 0.05) is 72.7 Å². The Bertz CT molecular complexity index is 1230. The highest BCUT2D eigenvalue weighted by molar-refractivity contribution is 8.77. The van der Waals surface area contributed by atoms with E-state index in [4.69, 9.17) is 10.3 Å². The zero-order valence-corrected chi connectivity index (χ0v) is 35.5. The predicted molar refractivity (Wildman–Crippen MR) is 214 cm³/mol. The van der Waals surface area contributed by atoms with Crippen LogP contribution in [0.25, 0.3) is 0 Å². The van der Waals surface area contributed by atoms with E-state index in [2.05, 4.69) is 21.3 Å². The lowest BCUT2D eigenvalue weighted by atomic mass is 9.64. The largest absolute Gasteiger partial charge is 0.356 e. The van der Waals surface area contributed by atoms with Crippen LogP contribution < -0.4 is 27.0 Å². The van der Waals surface area contributed by atoms with Gasteiger partial charge in [0.05, 0.1) is 32.9 Å². The van der Waals surface area contributed by atoms with Gasteiger partial charge in [0.2, 0.25) is 23.6 Å². The number of nitrogens with zero attached hydrogens (tertiary/aromatic N) is 1. The summed E-state index contributed by atoms with van der Waals surface area (Å²) in [5.41, 5.74) is 2.75. The zero-order valence-electron chi connectivity index (χ0n) is 33.1. The Labute approximate surface area is 322 Å². The van der Waals surface area contributed by atoms with E-state index >= 15 is 0 Å². The third-order valence-electron chi connectivity index (χ3n) is 10.0. The van der Waals surface area contributed by atoms with Crippen LogP contribution in [-0.2, 0) is 29.3 Å². The molecule has 1 fully saturated rings. The van der Waals surface area contributed by atoms with E-state index < -0.39 is 26.4 Å². The van der Waals surface area contributed by atoms with Gasteiger partial charge in [-0.2, -0.15) is 8.42 Å². The Morgan fingerprint density at radius 2 is 1.37 bits per heavy atom. The lowest BCUT2D eigenvalue weighted by molar-refractivity contribution is -0.890. The monoisotopic (exact) mass is 795 g/mol. The summed E-state index contributed by atoms with van der Waals surface area (Å²) in [4.78, 5) is 53.3. The molecule has 0 saturated carbocycles. The fourth-order valence-corrected chi connectivity index (χ4v) is 10.3. The summed E-state index contributed by atoms with van der Waals surface area (Å²) < 4.78 is 31.8. The summed E-state index contributed by atoms with van der Waals surface area (Å²) in [6.07, 6.45) is 7.99. The van der Waals surface area contributed by atoms with Crippen LogP contribution in [0.2, 0.25) is 0 Å². The summed E-state index contributed by atoms with van der Waals surface area (Å²) in [6, 6.07) is 0. The highest BCUT2D eigenvalue weighted by atomic mass is 33.1. The maximum Gasteiger partial charge on any atom is 0.265 e. The molecule has 13 nitrogen and oxygen atoms in total. The second-order valence-electron chi connectivity index (χ2n) is 16.3. The van der Waals surface area contributed by atoms with Crippen LogP contribution >= 0.6 is 21.6 Å². The normalized spacial score (nSPS) is 17.5.